The van der Waals surface area contributed by atoms with E-state index in [0.29, 0.717) is 16.8 Å². The number of hydrogen-bond acceptors (Lipinski definition) is 2. The molecule has 9 rings (SSSR count). The van der Waals surface area contributed by atoms with E-state index in [4.69, 9.17) is 6.57 Å². The minimum absolute atomic E-state index is 0.518. The molecule has 0 spiro atoms. The maximum Gasteiger partial charge on any atom is 0.211 e. The van der Waals surface area contributed by atoms with Crippen LogP contribution >= 0.6 is 0 Å². The number of nitriles is 2. The highest BCUT2D eigenvalue weighted by Crippen LogP contribution is 2.41. The summed E-state index contributed by atoms with van der Waals surface area (Å²) >= 11 is 0. The molecular weight excluding hydrogens is 611 g/mol. The van der Waals surface area contributed by atoms with E-state index >= 15 is 0 Å². The highest BCUT2D eigenvalue weighted by molar-refractivity contribution is 6.14. The molecule has 9 aromatic rings. The number of nitrogens with zero attached hydrogens (tertiary/aromatic N) is 5. The van der Waals surface area contributed by atoms with Crippen molar-refractivity contribution in [3.05, 3.63) is 174 Å². The van der Waals surface area contributed by atoms with Crippen molar-refractivity contribution in [3.8, 4) is 45.8 Å². The first-order valence-electron chi connectivity index (χ1n) is 16.3. The monoisotopic (exact) mass is 635 g/mol. The molecule has 0 radical (unpaired) electrons. The molecule has 0 saturated heterocycles. The van der Waals surface area contributed by atoms with Crippen molar-refractivity contribution in [1.29, 1.82) is 10.5 Å². The number of benzene rings is 7. The SMILES string of the molecule is [C-]#[N+]c1cccc2c3cc(C#N)ccc3n(-c3ccc(C#N)cc3-c3cccc(-c4ccc(-n5c6ccccc6c6ccccc65)cc4)c3)c12. The van der Waals surface area contributed by atoms with Crippen LogP contribution in [0.5, 0.6) is 0 Å². The van der Waals surface area contributed by atoms with Crippen LogP contribution < -0.4 is 0 Å². The largest absolute Gasteiger partial charge is 0.318 e. The third kappa shape index (κ3) is 4.38. The van der Waals surface area contributed by atoms with Gasteiger partial charge in [-0.3, -0.25) is 0 Å². The first-order valence-corrected chi connectivity index (χ1v) is 16.3. The van der Waals surface area contributed by atoms with Crippen LogP contribution in [-0.4, -0.2) is 9.13 Å². The molecule has 0 N–H and O–H groups in total. The van der Waals surface area contributed by atoms with Gasteiger partial charge in [-0.05, 0) is 88.8 Å². The average molecular weight is 636 g/mol. The summed E-state index contributed by atoms with van der Waals surface area (Å²) in [6.07, 6.45) is 0. The number of fused-ring (bicyclic) bond motifs is 6. The summed E-state index contributed by atoms with van der Waals surface area (Å²) in [5.74, 6) is 0. The average Bonchev–Trinajstić information content (AvgIpc) is 3.70. The van der Waals surface area contributed by atoms with Gasteiger partial charge in [-0.2, -0.15) is 10.5 Å². The highest BCUT2D eigenvalue weighted by Gasteiger charge is 2.19. The number of aromatic nitrogens is 2. The van der Waals surface area contributed by atoms with Gasteiger partial charge in [-0.25, -0.2) is 4.85 Å². The molecular formula is C45H25N5. The summed E-state index contributed by atoms with van der Waals surface area (Å²) in [7, 11) is 0. The van der Waals surface area contributed by atoms with E-state index in [0.717, 1.165) is 55.4 Å². The van der Waals surface area contributed by atoms with E-state index in [1.54, 1.807) is 0 Å². The Morgan fingerprint density at radius 1 is 0.480 bits per heavy atom. The molecule has 230 valence electrons. The summed E-state index contributed by atoms with van der Waals surface area (Å²) < 4.78 is 4.41. The maximum atomic E-state index is 9.95. The Morgan fingerprint density at radius 3 is 1.82 bits per heavy atom. The molecule has 0 aliphatic heterocycles. The van der Waals surface area contributed by atoms with Crippen molar-refractivity contribution in [2.45, 2.75) is 0 Å². The van der Waals surface area contributed by atoms with E-state index < -0.39 is 0 Å². The zero-order valence-electron chi connectivity index (χ0n) is 26.7. The lowest BCUT2D eigenvalue weighted by molar-refractivity contribution is 1.18. The molecule has 0 aliphatic rings. The fourth-order valence-corrected chi connectivity index (χ4v) is 7.36. The lowest BCUT2D eigenvalue weighted by Crippen LogP contribution is -1.98. The van der Waals surface area contributed by atoms with Gasteiger partial charge in [-0.1, -0.05) is 84.9 Å². The molecule has 0 fully saturated rings. The van der Waals surface area contributed by atoms with Crippen LogP contribution in [0, 0.1) is 29.2 Å². The molecule has 2 aromatic heterocycles. The van der Waals surface area contributed by atoms with Crippen molar-refractivity contribution in [2.75, 3.05) is 0 Å². The lowest BCUT2D eigenvalue weighted by Gasteiger charge is -2.16. The van der Waals surface area contributed by atoms with Crippen molar-refractivity contribution in [3.63, 3.8) is 0 Å². The Labute approximate surface area is 288 Å². The number of para-hydroxylation sites is 3. The molecule has 0 unspecified atom stereocenters. The van der Waals surface area contributed by atoms with E-state index in [2.05, 4.69) is 117 Å². The lowest BCUT2D eigenvalue weighted by atomic mass is 9.96. The molecule has 0 bridgehead atoms. The van der Waals surface area contributed by atoms with Gasteiger partial charge in [0.1, 0.15) is 0 Å². The Kier molecular flexibility index (Phi) is 6.56. The normalized spacial score (nSPS) is 11.1. The maximum absolute atomic E-state index is 9.95. The van der Waals surface area contributed by atoms with Crippen molar-refractivity contribution in [2.24, 2.45) is 0 Å². The molecule has 7 aromatic carbocycles. The smallest absolute Gasteiger partial charge is 0.211 e. The van der Waals surface area contributed by atoms with Crippen LogP contribution in [0.3, 0.4) is 0 Å². The summed E-state index contributed by atoms with van der Waals surface area (Å²) in [6, 6.07) is 55.7. The topological polar surface area (TPSA) is 61.8 Å². The predicted molar refractivity (Wildman–Crippen MR) is 202 cm³/mol. The Hall–Kier alpha value is -7.39. The van der Waals surface area contributed by atoms with Gasteiger partial charge in [0.25, 0.3) is 0 Å². The first kappa shape index (κ1) is 28.8. The van der Waals surface area contributed by atoms with Crippen LogP contribution in [0.4, 0.5) is 5.69 Å². The van der Waals surface area contributed by atoms with Gasteiger partial charge in [0, 0.05) is 27.4 Å². The fourth-order valence-electron chi connectivity index (χ4n) is 7.36. The Morgan fingerprint density at radius 2 is 1.10 bits per heavy atom. The van der Waals surface area contributed by atoms with Crippen LogP contribution in [-0.2, 0) is 0 Å². The summed E-state index contributed by atoms with van der Waals surface area (Å²) in [5, 5.41) is 23.9. The zero-order valence-corrected chi connectivity index (χ0v) is 26.7. The molecule has 0 aliphatic carbocycles. The molecule has 0 amide bonds. The minimum Gasteiger partial charge on any atom is -0.318 e. The van der Waals surface area contributed by atoms with E-state index in [9.17, 15) is 10.5 Å². The summed E-state index contributed by atoms with van der Waals surface area (Å²) in [6.45, 7) is 8.00. The molecule has 0 atom stereocenters. The van der Waals surface area contributed by atoms with Crippen LogP contribution in [0.2, 0.25) is 0 Å². The molecule has 0 saturated carbocycles. The number of rotatable bonds is 4. The van der Waals surface area contributed by atoms with Gasteiger partial charge in [0.2, 0.25) is 5.69 Å². The van der Waals surface area contributed by atoms with E-state index in [1.807, 2.05) is 60.7 Å². The first-order chi connectivity index (χ1) is 24.7. The molecule has 50 heavy (non-hydrogen) atoms. The number of hydrogen-bond donors (Lipinski definition) is 0. The van der Waals surface area contributed by atoms with Crippen molar-refractivity contribution < 1.29 is 0 Å². The third-order valence-corrected chi connectivity index (χ3v) is 9.59. The third-order valence-electron chi connectivity index (χ3n) is 9.59. The molecule has 5 nitrogen and oxygen atoms in total. The summed E-state index contributed by atoms with van der Waals surface area (Å²) in [5.41, 5.74) is 11.5. The Bertz CT molecular complexity index is 2900. The van der Waals surface area contributed by atoms with Crippen LogP contribution in [0.1, 0.15) is 11.1 Å². The highest BCUT2D eigenvalue weighted by atomic mass is 15.0. The van der Waals surface area contributed by atoms with Gasteiger partial charge in [0.15, 0.2) is 0 Å². The van der Waals surface area contributed by atoms with Crippen LogP contribution in [0.15, 0.2) is 152 Å². The quantitative estimate of drug-likeness (QED) is 0.181. The second-order valence-corrected chi connectivity index (χ2v) is 12.3. The van der Waals surface area contributed by atoms with Gasteiger partial charge in [0.05, 0.1) is 57.6 Å². The van der Waals surface area contributed by atoms with E-state index in [1.165, 1.54) is 21.8 Å². The minimum atomic E-state index is 0.518. The van der Waals surface area contributed by atoms with Gasteiger partial charge >= 0.3 is 0 Å². The molecule has 5 heteroatoms. The zero-order chi connectivity index (χ0) is 33.8. The van der Waals surface area contributed by atoms with Crippen LogP contribution in [0.25, 0.3) is 82.1 Å². The van der Waals surface area contributed by atoms with Gasteiger partial charge < -0.3 is 9.13 Å². The standard InChI is InChI=1S/C45H25N5/c1-48-40-13-7-12-37-39-25-30(28-47)17-23-44(39)50(45(37)40)43-22-16-29(27-46)24-38(43)33-9-6-8-32(26-33)31-18-20-34(21-19-31)49-41-14-4-2-10-35(41)36-11-3-5-15-42(36)49/h2-26H. The fraction of sp³-hybridized carbons (Fsp3) is 0. The van der Waals surface area contributed by atoms with Gasteiger partial charge in [-0.15, -0.1) is 0 Å². The van der Waals surface area contributed by atoms with E-state index in [-0.39, 0.29) is 0 Å². The second kappa shape index (κ2) is 11.4. The Balaban J connectivity index is 1.20. The summed E-state index contributed by atoms with van der Waals surface area (Å²) in [4.78, 5) is 3.88. The predicted octanol–water partition coefficient (Wildman–Crippen LogP) is 11.5. The van der Waals surface area contributed by atoms with Crippen molar-refractivity contribution in [1.82, 2.24) is 9.13 Å². The molecule has 2 heterocycles. The second-order valence-electron chi connectivity index (χ2n) is 12.3. The van der Waals surface area contributed by atoms with Crippen molar-refractivity contribution >= 4 is 49.3 Å².